The SMILES string of the molecule is C=CC(=O)NC(C)c1c(C)noc1C. The number of hydrogen-bond donors (Lipinski definition) is 1. The fourth-order valence-corrected chi connectivity index (χ4v) is 1.45. The number of carbonyl (C=O) groups is 1. The Hall–Kier alpha value is -1.58. The van der Waals surface area contributed by atoms with Crippen molar-refractivity contribution in [2.45, 2.75) is 26.8 Å². The van der Waals surface area contributed by atoms with Gasteiger partial charge in [0, 0.05) is 5.56 Å². The summed E-state index contributed by atoms with van der Waals surface area (Å²) in [6.07, 6.45) is 1.24. The van der Waals surface area contributed by atoms with Gasteiger partial charge in [0.1, 0.15) is 5.76 Å². The number of carbonyl (C=O) groups excluding carboxylic acids is 1. The second-order valence-corrected chi connectivity index (χ2v) is 3.17. The van der Waals surface area contributed by atoms with Crippen molar-refractivity contribution >= 4 is 5.91 Å². The van der Waals surface area contributed by atoms with E-state index in [0.717, 1.165) is 17.0 Å². The molecule has 0 aliphatic heterocycles. The van der Waals surface area contributed by atoms with Crippen molar-refractivity contribution in [1.29, 1.82) is 0 Å². The van der Waals surface area contributed by atoms with Crippen molar-refractivity contribution in [3.63, 3.8) is 0 Å². The Balaban J connectivity index is 2.83. The van der Waals surface area contributed by atoms with Crippen LogP contribution >= 0.6 is 0 Å². The van der Waals surface area contributed by atoms with Gasteiger partial charge in [0.15, 0.2) is 0 Å². The lowest BCUT2D eigenvalue weighted by molar-refractivity contribution is -0.117. The van der Waals surface area contributed by atoms with E-state index in [4.69, 9.17) is 4.52 Å². The number of nitrogens with one attached hydrogen (secondary N) is 1. The molecule has 76 valence electrons. The van der Waals surface area contributed by atoms with Crippen LogP contribution in [0.3, 0.4) is 0 Å². The first-order valence-electron chi connectivity index (χ1n) is 4.42. The molecule has 1 heterocycles. The van der Waals surface area contributed by atoms with E-state index in [1.54, 1.807) is 0 Å². The van der Waals surface area contributed by atoms with Crippen molar-refractivity contribution < 1.29 is 9.32 Å². The van der Waals surface area contributed by atoms with E-state index in [1.807, 2.05) is 20.8 Å². The molecule has 14 heavy (non-hydrogen) atoms. The number of nitrogens with zero attached hydrogens (tertiary/aromatic N) is 1. The second-order valence-electron chi connectivity index (χ2n) is 3.17. The first-order valence-corrected chi connectivity index (χ1v) is 4.42. The van der Waals surface area contributed by atoms with Gasteiger partial charge in [0.25, 0.3) is 0 Å². The van der Waals surface area contributed by atoms with Gasteiger partial charge in [-0.15, -0.1) is 0 Å². The van der Waals surface area contributed by atoms with Crippen LogP contribution in [0.2, 0.25) is 0 Å². The Labute approximate surface area is 83.0 Å². The zero-order chi connectivity index (χ0) is 10.7. The van der Waals surface area contributed by atoms with Crippen LogP contribution in [0.25, 0.3) is 0 Å². The molecule has 1 N–H and O–H groups in total. The van der Waals surface area contributed by atoms with Crippen molar-refractivity contribution in [1.82, 2.24) is 10.5 Å². The molecule has 4 heteroatoms. The van der Waals surface area contributed by atoms with Gasteiger partial charge in [0.2, 0.25) is 5.91 Å². The Morgan fingerprint density at radius 3 is 2.71 bits per heavy atom. The van der Waals surface area contributed by atoms with Gasteiger partial charge in [-0.1, -0.05) is 11.7 Å². The Bertz CT molecular complexity index is 336. The summed E-state index contributed by atoms with van der Waals surface area (Å²) in [6.45, 7) is 8.95. The molecule has 4 nitrogen and oxygen atoms in total. The average molecular weight is 194 g/mol. The third-order valence-electron chi connectivity index (χ3n) is 2.07. The molecule has 1 aromatic heterocycles. The lowest BCUT2D eigenvalue weighted by Gasteiger charge is -2.11. The summed E-state index contributed by atoms with van der Waals surface area (Å²) in [4.78, 5) is 11.1. The summed E-state index contributed by atoms with van der Waals surface area (Å²) < 4.78 is 5.00. The highest BCUT2D eigenvalue weighted by Crippen LogP contribution is 2.20. The lowest BCUT2D eigenvalue weighted by Crippen LogP contribution is -2.25. The highest BCUT2D eigenvalue weighted by atomic mass is 16.5. The van der Waals surface area contributed by atoms with E-state index >= 15 is 0 Å². The maximum Gasteiger partial charge on any atom is 0.243 e. The molecule has 0 aliphatic rings. The molecule has 1 aromatic rings. The fourth-order valence-electron chi connectivity index (χ4n) is 1.45. The van der Waals surface area contributed by atoms with Gasteiger partial charge in [0.05, 0.1) is 11.7 Å². The molecule has 0 spiro atoms. The minimum absolute atomic E-state index is 0.105. The van der Waals surface area contributed by atoms with Gasteiger partial charge in [-0.05, 0) is 26.8 Å². The summed E-state index contributed by atoms with van der Waals surface area (Å²) in [6, 6.07) is -0.105. The molecule has 0 aromatic carbocycles. The first-order chi connectivity index (χ1) is 6.56. The van der Waals surface area contributed by atoms with Gasteiger partial charge < -0.3 is 9.84 Å². The topological polar surface area (TPSA) is 55.1 Å². The highest BCUT2D eigenvalue weighted by Gasteiger charge is 2.16. The monoisotopic (exact) mass is 194 g/mol. The average Bonchev–Trinajstić information content (AvgIpc) is 2.46. The maximum atomic E-state index is 11.1. The predicted molar refractivity (Wildman–Crippen MR) is 52.7 cm³/mol. The van der Waals surface area contributed by atoms with E-state index < -0.39 is 0 Å². The molecule has 0 aliphatic carbocycles. The molecular weight excluding hydrogens is 180 g/mol. The molecule has 0 fully saturated rings. The number of aryl methyl sites for hydroxylation is 2. The summed E-state index contributed by atoms with van der Waals surface area (Å²) >= 11 is 0. The highest BCUT2D eigenvalue weighted by molar-refractivity contribution is 5.87. The van der Waals surface area contributed by atoms with Crippen molar-refractivity contribution in [3.8, 4) is 0 Å². The van der Waals surface area contributed by atoms with Crippen LogP contribution in [-0.4, -0.2) is 11.1 Å². The van der Waals surface area contributed by atoms with E-state index in [9.17, 15) is 4.79 Å². The van der Waals surface area contributed by atoms with Crippen LogP contribution < -0.4 is 5.32 Å². The molecule has 0 bridgehead atoms. The standard InChI is InChI=1S/C10H14N2O2/c1-5-9(13)11-6(2)10-7(3)12-14-8(10)4/h5-6H,1H2,2-4H3,(H,11,13). The molecular formula is C10H14N2O2. The molecule has 1 unspecified atom stereocenters. The van der Waals surface area contributed by atoms with E-state index in [2.05, 4.69) is 17.1 Å². The smallest absolute Gasteiger partial charge is 0.243 e. The Morgan fingerprint density at radius 1 is 1.64 bits per heavy atom. The molecule has 1 atom stereocenters. The third-order valence-corrected chi connectivity index (χ3v) is 2.07. The summed E-state index contributed by atoms with van der Waals surface area (Å²) in [5, 5.41) is 6.57. The van der Waals surface area contributed by atoms with Crippen molar-refractivity contribution in [3.05, 3.63) is 29.7 Å². The first kappa shape index (κ1) is 10.5. The van der Waals surface area contributed by atoms with Crippen molar-refractivity contribution in [2.24, 2.45) is 0 Å². The molecule has 0 saturated heterocycles. The van der Waals surface area contributed by atoms with E-state index in [0.29, 0.717) is 0 Å². The number of rotatable bonds is 3. The number of hydrogen-bond acceptors (Lipinski definition) is 3. The van der Waals surface area contributed by atoms with Crippen LogP contribution in [0.15, 0.2) is 17.2 Å². The molecule has 1 amide bonds. The van der Waals surface area contributed by atoms with Crippen molar-refractivity contribution in [2.75, 3.05) is 0 Å². The third kappa shape index (κ3) is 2.02. The van der Waals surface area contributed by atoms with Gasteiger partial charge in [-0.25, -0.2) is 0 Å². The maximum absolute atomic E-state index is 11.1. The molecule has 1 rings (SSSR count). The normalized spacial score (nSPS) is 12.2. The summed E-state index contributed by atoms with van der Waals surface area (Å²) in [5.74, 6) is 0.539. The summed E-state index contributed by atoms with van der Waals surface area (Å²) in [5.41, 5.74) is 1.74. The van der Waals surface area contributed by atoms with Gasteiger partial charge in [-0.2, -0.15) is 0 Å². The largest absolute Gasteiger partial charge is 0.361 e. The van der Waals surface area contributed by atoms with Crippen LogP contribution in [0.5, 0.6) is 0 Å². The van der Waals surface area contributed by atoms with E-state index in [-0.39, 0.29) is 11.9 Å². The van der Waals surface area contributed by atoms with Crippen LogP contribution in [-0.2, 0) is 4.79 Å². The fraction of sp³-hybridized carbons (Fsp3) is 0.400. The minimum Gasteiger partial charge on any atom is -0.361 e. The second kappa shape index (κ2) is 4.09. The zero-order valence-corrected chi connectivity index (χ0v) is 8.63. The number of amides is 1. The molecule has 0 radical (unpaired) electrons. The molecule has 0 saturated carbocycles. The Kier molecular flexibility index (Phi) is 3.06. The quantitative estimate of drug-likeness (QED) is 0.744. The van der Waals surface area contributed by atoms with E-state index in [1.165, 1.54) is 6.08 Å². The minimum atomic E-state index is -0.197. The Morgan fingerprint density at radius 2 is 2.29 bits per heavy atom. The number of aromatic nitrogens is 1. The predicted octanol–water partition coefficient (Wildman–Crippen LogP) is 1.65. The van der Waals surface area contributed by atoms with Crippen LogP contribution in [0.1, 0.15) is 30.0 Å². The zero-order valence-electron chi connectivity index (χ0n) is 8.63. The van der Waals surface area contributed by atoms with Crippen LogP contribution in [0.4, 0.5) is 0 Å². The van der Waals surface area contributed by atoms with Crippen LogP contribution in [0, 0.1) is 13.8 Å². The summed E-state index contributed by atoms with van der Waals surface area (Å²) in [7, 11) is 0. The van der Waals surface area contributed by atoms with Gasteiger partial charge >= 0.3 is 0 Å². The lowest BCUT2D eigenvalue weighted by atomic mass is 10.1. The van der Waals surface area contributed by atoms with Gasteiger partial charge in [-0.3, -0.25) is 4.79 Å².